The number of unbranched alkanes of at least 4 members (excludes halogenated alkanes) is 6. The van der Waals surface area contributed by atoms with Crippen LogP contribution >= 0.6 is 0 Å². The summed E-state index contributed by atoms with van der Waals surface area (Å²) < 4.78 is 2.01. The van der Waals surface area contributed by atoms with E-state index in [2.05, 4.69) is 30.4 Å². The summed E-state index contributed by atoms with van der Waals surface area (Å²) in [5, 5.41) is 8.40. The SMILES string of the molecule is CCCCCCCn1cc(CCCCC)nn1. The lowest BCUT2D eigenvalue weighted by molar-refractivity contribution is 0.521. The van der Waals surface area contributed by atoms with E-state index < -0.39 is 0 Å². The molecule has 0 aliphatic carbocycles. The summed E-state index contributed by atoms with van der Waals surface area (Å²) in [5.74, 6) is 0. The van der Waals surface area contributed by atoms with Gasteiger partial charge in [0.05, 0.1) is 5.69 Å². The fourth-order valence-electron chi connectivity index (χ4n) is 2.00. The van der Waals surface area contributed by atoms with Gasteiger partial charge >= 0.3 is 0 Å². The second-order valence-electron chi connectivity index (χ2n) is 4.84. The van der Waals surface area contributed by atoms with E-state index in [1.54, 1.807) is 0 Å². The van der Waals surface area contributed by atoms with Crippen LogP contribution in [0.3, 0.4) is 0 Å². The van der Waals surface area contributed by atoms with Crippen LogP contribution in [0.2, 0.25) is 0 Å². The maximum atomic E-state index is 4.22. The van der Waals surface area contributed by atoms with Gasteiger partial charge in [-0.2, -0.15) is 0 Å². The van der Waals surface area contributed by atoms with Gasteiger partial charge in [0, 0.05) is 12.7 Å². The first-order valence-corrected chi connectivity index (χ1v) is 7.25. The molecule has 1 aromatic heterocycles. The third-order valence-electron chi connectivity index (χ3n) is 3.11. The summed E-state index contributed by atoms with van der Waals surface area (Å²) in [6.45, 7) is 5.51. The molecule has 0 fully saturated rings. The summed E-state index contributed by atoms with van der Waals surface area (Å²) in [6, 6.07) is 0. The van der Waals surface area contributed by atoms with E-state index in [-0.39, 0.29) is 0 Å². The number of nitrogens with zero attached hydrogens (tertiary/aromatic N) is 3. The van der Waals surface area contributed by atoms with Crippen LogP contribution in [0, 0.1) is 0 Å². The minimum Gasteiger partial charge on any atom is -0.252 e. The Hall–Kier alpha value is -0.860. The van der Waals surface area contributed by atoms with Crippen molar-refractivity contribution in [1.82, 2.24) is 15.0 Å². The van der Waals surface area contributed by atoms with E-state index in [1.165, 1.54) is 51.4 Å². The molecule has 0 spiro atoms. The van der Waals surface area contributed by atoms with E-state index in [4.69, 9.17) is 0 Å². The molecule has 17 heavy (non-hydrogen) atoms. The van der Waals surface area contributed by atoms with E-state index in [9.17, 15) is 0 Å². The highest BCUT2D eigenvalue weighted by atomic mass is 15.4. The van der Waals surface area contributed by atoms with Gasteiger partial charge in [0.25, 0.3) is 0 Å². The fourth-order valence-corrected chi connectivity index (χ4v) is 2.00. The number of hydrogen-bond acceptors (Lipinski definition) is 2. The molecule has 0 atom stereocenters. The lowest BCUT2D eigenvalue weighted by atomic mass is 10.1. The Morgan fingerprint density at radius 3 is 2.41 bits per heavy atom. The number of aryl methyl sites for hydroxylation is 2. The molecule has 1 aromatic rings. The van der Waals surface area contributed by atoms with Gasteiger partial charge in [-0.25, -0.2) is 0 Å². The van der Waals surface area contributed by atoms with Gasteiger partial charge in [-0.1, -0.05) is 57.6 Å². The highest BCUT2D eigenvalue weighted by molar-refractivity contribution is 4.91. The number of rotatable bonds is 10. The minimum absolute atomic E-state index is 1.03. The molecule has 0 saturated carbocycles. The van der Waals surface area contributed by atoms with Gasteiger partial charge < -0.3 is 0 Å². The average molecular weight is 237 g/mol. The first-order valence-electron chi connectivity index (χ1n) is 7.25. The predicted octanol–water partition coefficient (Wildman–Crippen LogP) is 3.98. The van der Waals surface area contributed by atoms with Crippen LogP contribution in [-0.2, 0) is 13.0 Å². The molecule has 98 valence electrons. The average Bonchev–Trinajstić information content (AvgIpc) is 2.77. The first kappa shape index (κ1) is 14.2. The molecule has 0 aliphatic rings. The van der Waals surface area contributed by atoms with Crippen LogP contribution in [0.5, 0.6) is 0 Å². The monoisotopic (exact) mass is 237 g/mol. The molecular formula is C14H27N3. The van der Waals surface area contributed by atoms with Crippen molar-refractivity contribution < 1.29 is 0 Å². The number of aromatic nitrogens is 3. The van der Waals surface area contributed by atoms with Crippen LogP contribution in [0.25, 0.3) is 0 Å². The van der Waals surface area contributed by atoms with Crippen molar-refractivity contribution in [2.75, 3.05) is 0 Å². The lowest BCUT2D eigenvalue weighted by Crippen LogP contribution is -1.98. The quantitative estimate of drug-likeness (QED) is 0.576. The van der Waals surface area contributed by atoms with Gasteiger partial charge in [-0.15, -0.1) is 5.10 Å². The highest BCUT2D eigenvalue weighted by Gasteiger charge is 2.00. The Balaban J connectivity index is 2.12. The van der Waals surface area contributed by atoms with Crippen LogP contribution < -0.4 is 0 Å². The highest BCUT2D eigenvalue weighted by Crippen LogP contribution is 2.06. The summed E-state index contributed by atoms with van der Waals surface area (Å²) in [5.41, 5.74) is 1.16. The third kappa shape index (κ3) is 6.44. The molecule has 3 nitrogen and oxygen atoms in total. The molecule has 0 unspecified atom stereocenters. The largest absolute Gasteiger partial charge is 0.252 e. The van der Waals surface area contributed by atoms with Crippen molar-refractivity contribution in [2.24, 2.45) is 0 Å². The third-order valence-corrected chi connectivity index (χ3v) is 3.11. The van der Waals surface area contributed by atoms with Crippen molar-refractivity contribution in [2.45, 2.75) is 78.2 Å². The fraction of sp³-hybridized carbons (Fsp3) is 0.857. The zero-order chi connectivity index (χ0) is 12.3. The molecule has 0 aromatic carbocycles. The van der Waals surface area contributed by atoms with Crippen molar-refractivity contribution in [3.8, 4) is 0 Å². The Bertz CT molecular complexity index is 281. The smallest absolute Gasteiger partial charge is 0.0827 e. The topological polar surface area (TPSA) is 30.7 Å². The zero-order valence-corrected chi connectivity index (χ0v) is 11.5. The normalized spacial score (nSPS) is 10.9. The van der Waals surface area contributed by atoms with Gasteiger partial charge in [-0.05, 0) is 19.3 Å². The van der Waals surface area contributed by atoms with Crippen LogP contribution in [0.1, 0.15) is 70.9 Å². The zero-order valence-electron chi connectivity index (χ0n) is 11.5. The van der Waals surface area contributed by atoms with Crippen molar-refractivity contribution in [3.63, 3.8) is 0 Å². The maximum absolute atomic E-state index is 4.22. The molecule has 3 heteroatoms. The van der Waals surface area contributed by atoms with E-state index in [0.717, 1.165) is 18.7 Å². The molecular weight excluding hydrogens is 210 g/mol. The molecule has 0 saturated heterocycles. The summed E-state index contributed by atoms with van der Waals surface area (Å²) in [6.07, 6.45) is 13.6. The molecule has 0 aliphatic heterocycles. The van der Waals surface area contributed by atoms with Gasteiger partial charge in [0.15, 0.2) is 0 Å². The molecule has 1 rings (SSSR count). The summed E-state index contributed by atoms with van der Waals surface area (Å²) in [4.78, 5) is 0. The minimum atomic E-state index is 1.03. The predicted molar refractivity (Wildman–Crippen MR) is 72.0 cm³/mol. The van der Waals surface area contributed by atoms with Crippen molar-refractivity contribution in [1.29, 1.82) is 0 Å². The van der Waals surface area contributed by atoms with Gasteiger partial charge in [0.1, 0.15) is 0 Å². The molecule has 0 bridgehead atoms. The Kier molecular flexibility index (Phi) is 7.69. The molecule has 0 N–H and O–H groups in total. The summed E-state index contributed by atoms with van der Waals surface area (Å²) >= 11 is 0. The van der Waals surface area contributed by atoms with Gasteiger partial charge in [0.2, 0.25) is 0 Å². The van der Waals surface area contributed by atoms with Crippen LogP contribution in [0.4, 0.5) is 0 Å². The second kappa shape index (κ2) is 9.20. The maximum Gasteiger partial charge on any atom is 0.0827 e. The second-order valence-corrected chi connectivity index (χ2v) is 4.84. The Labute approximate surface area is 106 Å². The molecule has 0 radical (unpaired) electrons. The van der Waals surface area contributed by atoms with Crippen molar-refractivity contribution in [3.05, 3.63) is 11.9 Å². The summed E-state index contributed by atoms with van der Waals surface area (Å²) in [7, 11) is 0. The molecule has 0 amide bonds. The van der Waals surface area contributed by atoms with Gasteiger partial charge in [-0.3, -0.25) is 4.68 Å². The van der Waals surface area contributed by atoms with E-state index in [0.29, 0.717) is 0 Å². The van der Waals surface area contributed by atoms with Crippen LogP contribution in [-0.4, -0.2) is 15.0 Å². The van der Waals surface area contributed by atoms with E-state index in [1.807, 2.05) is 4.68 Å². The molecule has 1 heterocycles. The standard InChI is InChI=1S/C14H27N3/c1-3-5-7-8-10-12-17-13-14(15-16-17)11-9-6-4-2/h13H,3-12H2,1-2H3. The lowest BCUT2D eigenvalue weighted by Gasteiger charge is -1.99. The van der Waals surface area contributed by atoms with E-state index >= 15 is 0 Å². The first-order chi connectivity index (χ1) is 8.36. The number of hydrogen-bond donors (Lipinski definition) is 0. The Morgan fingerprint density at radius 1 is 0.941 bits per heavy atom. The van der Waals surface area contributed by atoms with Crippen LogP contribution in [0.15, 0.2) is 6.20 Å². The Morgan fingerprint density at radius 2 is 1.65 bits per heavy atom. The van der Waals surface area contributed by atoms with Crippen molar-refractivity contribution >= 4 is 0 Å².